The topological polar surface area (TPSA) is 73.8 Å². The molecule has 3 atom stereocenters. The summed E-state index contributed by atoms with van der Waals surface area (Å²) in [5.41, 5.74) is -2.33. The lowest BCUT2D eigenvalue weighted by atomic mass is 9.74. The van der Waals surface area contributed by atoms with Crippen LogP contribution < -0.4 is 10.6 Å². The van der Waals surface area contributed by atoms with Crippen LogP contribution in [-0.2, 0) is 10.3 Å². The molecule has 222 valence electrons. The van der Waals surface area contributed by atoms with Crippen LogP contribution in [0.5, 0.6) is 0 Å². The molecule has 1 saturated heterocycles. The summed E-state index contributed by atoms with van der Waals surface area (Å²) in [5, 5.41) is 17.9. The maximum absolute atomic E-state index is 14.9. The third kappa shape index (κ3) is 8.50. The first-order valence-corrected chi connectivity index (χ1v) is 13.9. The minimum Gasteiger partial charge on any atom is -0.385 e. The van der Waals surface area contributed by atoms with Crippen molar-refractivity contribution in [1.29, 1.82) is 0 Å². The van der Waals surface area contributed by atoms with Crippen LogP contribution in [0.4, 0.5) is 26.7 Å². The third-order valence-corrected chi connectivity index (χ3v) is 8.23. The average Bonchev–Trinajstić information content (AvgIpc) is 2.90. The fourth-order valence-corrected chi connectivity index (χ4v) is 6.07. The first-order valence-electron chi connectivity index (χ1n) is 13.9. The number of unbranched alkanes of at least 4 members (excludes halogenated alkanes) is 1. The van der Waals surface area contributed by atoms with Gasteiger partial charge in [0.25, 0.3) is 0 Å². The van der Waals surface area contributed by atoms with Crippen molar-refractivity contribution in [2.24, 2.45) is 11.8 Å². The van der Waals surface area contributed by atoms with Crippen molar-refractivity contribution in [2.75, 3.05) is 40.4 Å². The highest BCUT2D eigenvalue weighted by atomic mass is 19.3. The predicted molar refractivity (Wildman–Crippen MR) is 138 cm³/mol. The molecule has 1 aliphatic heterocycles. The third-order valence-electron chi connectivity index (χ3n) is 8.23. The van der Waals surface area contributed by atoms with Gasteiger partial charge in [0.2, 0.25) is 5.92 Å². The first kappa shape index (κ1) is 31.5. The standard InChI is InChI=1S/C28H42F5N3O3/c1-34-17-22(14-19-7-10-27(32,33)11-8-19)35-26(37)36-12-5-6-20(18-36)28(38,9-3-4-13-39-2)23-15-21(29)16-24(30)25(23)31/h15-16,19-20,22,34,38H,3-14,17-18H2,1-2H3,(H,35,37)/t20-,22+,28+/m1/s1. The molecule has 2 amide bonds. The van der Waals surface area contributed by atoms with E-state index < -0.39 is 40.5 Å². The zero-order valence-electron chi connectivity index (χ0n) is 22.9. The molecule has 1 aliphatic carbocycles. The highest BCUT2D eigenvalue weighted by Gasteiger charge is 2.44. The van der Waals surface area contributed by atoms with Crippen LogP contribution in [0.3, 0.4) is 0 Å². The van der Waals surface area contributed by atoms with Gasteiger partial charge in [-0.25, -0.2) is 26.7 Å². The zero-order valence-corrected chi connectivity index (χ0v) is 22.9. The van der Waals surface area contributed by atoms with Gasteiger partial charge < -0.3 is 25.4 Å². The van der Waals surface area contributed by atoms with Gasteiger partial charge in [0.15, 0.2) is 11.6 Å². The number of alkyl halides is 2. The number of likely N-dealkylation sites (N-methyl/N-ethyl adjacent to an activating group) is 1. The Hall–Kier alpha value is -1.98. The summed E-state index contributed by atoms with van der Waals surface area (Å²) >= 11 is 0. The lowest BCUT2D eigenvalue weighted by Gasteiger charge is -2.43. The Balaban J connectivity index is 1.73. The summed E-state index contributed by atoms with van der Waals surface area (Å²) in [6.45, 7) is 1.37. The van der Waals surface area contributed by atoms with Crippen molar-refractivity contribution in [3.05, 3.63) is 35.1 Å². The largest absolute Gasteiger partial charge is 0.385 e. The number of nitrogens with zero attached hydrogens (tertiary/aromatic N) is 1. The number of aliphatic hydroxyl groups is 1. The quantitative estimate of drug-likeness (QED) is 0.183. The smallest absolute Gasteiger partial charge is 0.317 e. The number of benzene rings is 1. The molecule has 0 unspecified atom stereocenters. The molecular weight excluding hydrogens is 521 g/mol. The normalized spacial score (nSPS) is 22.4. The number of nitrogens with one attached hydrogen (secondary N) is 2. The van der Waals surface area contributed by atoms with E-state index in [0.29, 0.717) is 70.7 Å². The van der Waals surface area contributed by atoms with Gasteiger partial charge in [-0.2, -0.15) is 0 Å². The number of methoxy groups -OCH3 is 1. The fourth-order valence-electron chi connectivity index (χ4n) is 6.07. The van der Waals surface area contributed by atoms with Gasteiger partial charge in [0.1, 0.15) is 5.82 Å². The number of carbonyl (C=O) groups excluding carboxylic acids is 1. The molecule has 1 aromatic rings. The highest BCUT2D eigenvalue weighted by molar-refractivity contribution is 5.74. The van der Waals surface area contributed by atoms with Crippen molar-refractivity contribution in [3.63, 3.8) is 0 Å². The Morgan fingerprint density at radius 3 is 2.59 bits per heavy atom. The fraction of sp³-hybridized carbons (Fsp3) is 0.750. The van der Waals surface area contributed by atoms with Gasteiger partial charge in [-0.15, -0.1) is 0 Å². The number of hydrogen-bond acceptors (Lipinski definition) is 4. The molecule has 6 nitrogen and oxygen atoms in total. The predicted octanol–water partition coefficient (Wildman–Crippen LogP) is 5.33. The van der Waals surface area contributed by atoms with E-state index >= 15 is 0 Å². The molecule has 1 heterocycles. The van der Waals surface area contributed by atoms with Crippen LogP contribution in [-0.4, -0.2) is 68.4 Å². The van der Waals surface area contributed by atoms with Crippen LogP contribution in [0.25, 0.3) is 0 Å². The monoisotopic (exact) mass is 563 g/mol. The van der Waals surface area contributed by atoms with Crippen LogP contribution in [0, 0.1) is 29.3 Å². The lowest BCUT2D eigenvalue weighted by Crippen LogP contribution is -2.54. The number of carbonyl (C=O) groups is 1. The number of rotatable bonds is 12. The second-order valence-corrected chi connectivity index (χ2v) is 11.1. The zero-order chi connectivity index (χ0) is 28.6. The molecule has 1 saturated carbocycles. The lowest BCUT2D eigenvalue weighted by molar-refractivity contribution is -0.0596. The minimum atomic E-state index is -2.62. The van der Waals surface area contributed by atoms with Crippen LogP contribution in [0.1, 0.15) is 69.8 Å². The molecule has 0 bridgehead atoms. The number of piperidine rings is 1. The second kappa shape index (κ2) is 14.1. The number of halogens is 5. The number of amides is 2. The Labute approximate surface area is 227 Å². The Kier molecular flexibility index (Phi) is 11.4. The number of urea groups is 1. The second-order valence-electron chi connectivity index (χ2n) is 11.1. The first-order chi connectivity index (χ1) is 18.5. The minimum absolute atomic E-state index is 0.0466. The van der Waals surface area contributed by atoms with Crippen molar-refractivity contribution in [1.82, 2.24) is 15.5 Å². The van der Waals surface area contributed by atoms with Gasteiger partial charge in [0, 0.05) is 69.8 Å². The molecule has 1 aromatic carbocycles. The molecular formula is C28H42F5N3O3. The van der Waals surface area contributed by atoms with Gasteiger partial charge in [-0.3, -0.25) is 0 Å². The van der Waals surface area contributed by atoms with Gasteiger partial charge >= 0.3 is 6.03 Å². The van der Waals surface area contributed by atoms with Crippen LogP contribution in [0.2, 0.25) is 0 Å². The molecule has 11 heteroatoms. The van der Waals surface area contributed by atoms with E-state index in [1.54, 1.807) is 11.9 Å². The molecule has 0 radical (unpaired) electrons. The van der Waals surface area contributed by atoms with E-state index in [9.17, 15) is 31.9 Å². The van der Waals surface area contributed by atoms with Gasteiger partial charge in [-0.1, -0.05) is 0 Å². The molecule has 3 N–H and O–H groups in total. The number of likely N-dealkylation sites (tertiary alicyclic amines) is 1. The Morgan fingerprint density at radius 2 is 1.92 bits per heavy atom. The number of ether oxygens (including phenoxy) is 1. The molecule has 39 heavy (non-hydrogen) atoms. The molecule has 2 fully saturated rings. The van der Waals surface area contributed by atoms with Gasteiger partial charge in [-0.05, 0) is 70.4 Å². The molecule has 2 aliphatic rings. The molecule has 3 rings (SSSR count). The van der Waals surface area contributed by atoms with E-state index in [1.807, 2.05) is 0 Å². The van der Waals surface area contributed by atoms with Crippen LogP contribution >= 0.6 is 0 Å². The van der Waals surface area contributed by atoms with Crippen molar-refractivity contribution in [2.45, 2.75) is 81.8 Å². The van der Waals surface area contributed by atoms with Crippen molar-refractivity contribution < 1.29 is 36.6 Å². The molecule has 0 spiro atoms. The summed E-state index contributed by atoms with van der Waals surface area (Å²) < 4.78 is 75.4. The molecule has 0 aromatic heterocycles. The average molecular weight is 564 g/mol. The maximum atomic E-state index is 14.9. The van der Waals surface area contributed by atoms with E-state index in [1.165, 1.54) is 7.11 Å². The highest BCUT2D eigenvalue weighted by Crippen LogP contribution is 2.42. The maximum Gasteiger partial charge on any atom is 0.317 e. The summed E-state index contributed by atoms with van der Waals surface area (Å²) in [7, 11) is 3.29. The van der Waals surface area contributed by atoms with Crippen molar-refractivity contribution >= 4 is 6.03 Å². The van der Waals surface area contributed by atoms with Crippen molar-refractivity contribution in [3.8, 4) is 0 Å². The van der Waals surface area contributed by atoms with E-state index in [-0.39, 0.29) is 43.8 Å². The van der Waals surface area contributed by atoms with E-state index in [2.05, 4.69) is 10.6 Å². The summed E-state index contributed by atoms with van der Waals surface area (Å²) in [6.07, 6.45) is 3.08. The van der Waals surface area contributed by atoms with Gasteiger partial charge in [0.05, 0.1) is 5.60 Å². The summed E-state index contributed by atoms with van der Waals surface area (Å²) in [5.74, 6) is -6.84. The number of hydrogen-bond donors (Lipinski definition) is 3. The van der Waals surface area contributed by atoms with E-state index in [4.69, 9.17) is 4.74 Å². The Morgan fingerprint density at radius 1 is 1.21 bits per heavy atom. The Bertz CT molecular complexity index is 943. The van der Waals surface area contributed by atoms with Crippen LogP contribution in [0.15, 0.2) is 12.1 Å². The summed E-state index contributed by atoms with van der Waals surface area (Å²) in [4.78, 5) is 14.8. The summed E-state index contributed by atoms with van der Waals surface area (Å²) in [6, 6.07) is 0.640. The SMILES string of the molecule is CNC[C@H](CC1CCC(F)(F)CC1)NC(=O)N1CCC[C@@H]([C@@](O)(CCCCOC)c2cc(F)cc(F)c2F)C1. The van der Waals surface area contributed by atoms with E-state index in [0.717, 1.165) is 6.07 Å².